The van der Waals surface area contributed by atoms with Crippen molar-refractivity contribution in [1.29, 1.82) is 5.26 Å². The van der Waals surface area contributed by atoms with Crippen LogP contribution in [0.4, 0.5) is 10.1 Å². The van der Waals surface area contributed by atoms with E-state index in [4.69, 9.17) is 16.4 Å². The molecule has 1 saturated heterocycles. The highest BCUT2D eigenvalue weighted by molar-refractivity contribution is 6.43. The predicted octanol–water partition coefficient (Wildman–Crippen LogP) is 1.85. The summed E-state index contributed by atoms with van der Waals surface area (Å²) in [5.41, 5.74) is 0.511. The average Bonchev–Trinajstić information content (AvgIpc) is 3.31. The van der Waals surface area contributed by atoms with Crippen molar-refractivity contribution in [3.8, 4) is 18.4 Å². The molecule has 8 nitrogen and oxygen atoms in total. The highest BCUT2D eigenvalue weighted by atomic mass is 19.1. The molecule has 3 rings (SSSR count). The Hall–Kier alpha value is -3.66. The molecule has 2 aromatic rings. The fourth-order valence-electron chi connectivity index (χ4n) is 3.85. The summed E-state index contributed by atoms with van der Waals surface area (Å²) in [6, 6.07) is 5.50. The van der Waals surface area contributed by atoms with Gasteiger partial charge in [-0.2, -0.15) is 5.26 Å². The molecule has 2 atom stereocenters. The minimum Gasteiger partial charge on any atom is -0.378 e. The lowest BCUT2D eigenvalue weighted by atomic mass is 9.98. The van der Waals surface area contributed by atoms with E-state index >= 15 is 0 Å². The molecule has 1 fully saturated rings. The number of nitrogens with one attached hydrogen (secondary N) is 2. The third-order valence-electron chi connectivity index (χ3n) is 5.72. The number of ether oxygens (including phenoxy) is 1. The van der Waals surface area contributed by atoms with Crippen molar-refractivity contribution >= 4 is 17.4 Å². The first-order chi connectivity index (χ1) is 15.1. The maximum atomic E-state index is 13.6. The van der Waals surface area contributed by atoms with Gasteiger partial charge in [-0.25, -0.2) is 4.39 Å². The zero-order valence-electron chi connectivity index (χ0n) is 18.0. The van der Waals surface area contributed by atoms with Crippen molar-refractivity contribution in [3.63, 3.8) is 0 Å². The summed E-state index contributed by atoms with van der Waals surface area (Å²) in [6.07, 6.45) is 4.66. The third-order valence-corrected chi connectivity index (χ3v) is 5.72. The number of anilines is 1. The lowest BCUT2D eigenvalue weighted by Crippen LogP contribution is -2.50. The Kier molecular flexibility index (Phi) is 6.35. The second-order valence-corrected chi connectivity index (χ2v) is 7.70. The Morgan fingerprint density at radius 1 is 1.41 bits per heavy atom. The molecule has 2 heterocycles. The van der Waals surface area contributed by atoms with Gasteiger partial charge in [0.05, 0.1) is 30.0 Å². The Morgan fingerprint density at radius 2 is 2.12 bits per heavy atom. The van der Waals surface area contributed by atoms with Crippen LogP contribution in [0.15, 0.2) is 18.2 Å². The topological polar surface area (TPSA) is 116 Å². The highest BCUT2D eigenvalue weighted by Crippen LogP contribution is 2.29. The molecule has 0 bridgehead atoms. The first-order valence-electron chi connectivity index (χ1n) is 9.86. The number of Topliss-reactive ketones (excluding diaryl/α,β-unsaturated/α-hetero) is 1. The zero-order chi connectivity index (χ0) is 23.6. The molecule has 0 radical (unpaired) electrons. The van der Waals surface area contributed by atoms with E-state index in [1.165, 1.54) is 12.1 Å². The van der Waals surface area contributed by atoms with E-state index in [-0.39, 0.29) is 17.7 Å². The third kappa shape index (κ3) is 4.09. The van der Waals surface area contributed by atoms with Crippen molar-refractivity contribution in [3.05, 3.63) is 52.1 Å². The van der Waals surface area contributed by atoms with Gasteiger partial charge in [0, 0.05) is 24.8 Å². The van der Waals surface area contributed by atoms with Crippen molar-refractivity contribution < 1.29 is 23.8 Å². The predicted molar refractivity (Wildman–Crippen MR) is 114 cm³/mol. The number of nitrogens with zero attached hydrogens (tertiary/aromatic N) is 2. The number of aliphatic hydroxyl groups excluding tert-OH is 1. The molecule has 166 valence electrons. The minimum absolute atomic E-state index is 0.130. The van der Waals surface area contributed by atoms with Crippen LogP contribution in [-0.2, 0) is 16.6 Å². The molecule has 0 saturated carbocycles. The van der Waals surface area contributed by atoms with Gasteiger partial charge < -0.3 is 25.0 Å². The highest BCUT2D eigenvalue weighted by Gasteiger charge is 2.37. The van der Waals surface area contributed by atoms with Gasteiger partial charge in [0.15, 0.2) is 6.23 Å². The number of halogens is 1. The lowest BCUT2D eigenvalue weighted by molar-refractivity contribution is -0.118. The van der Waals surface area contributed by atoms with Crippen LogP contribution in [0.2, 0.25) is 0 Å². The molecule has 3 N–H and O–H groups in total. The molecular weight excluding hydrogens is 415 g/mol. The number of carbonyl (C=O) groups is 2. The van der Waals surface area contributed by atoms with Crippen LogP contribution in [0.5, 0.6) is 0 Å². The Morgan fingerprint density at radius 3 is 2.72 bits per heavy atom. The summed E-state index contributed by atoms with van der Waals surface area (Å²) in [4.78, 5) is 25.7. The van der Waals surface area contributed by atoms with Gasteiger partial charge in [0.25, 0.3) is 11.7 Å². The zero-order valence-corrected chi connectivity index (χ0v) is 18.0. The molecule has 1 aromatic heterocycles. The van der Waals surface area contributed by atoms with Gasteiger partial charge in [0.2, 0.25) is 0 Å². The number of rotatable bonds is 6. The van der Waals surface area contributed by atoms with E-state index in [9.17, 15) is 19.1 Å². The van der Waals surface area contributed by atoms with E-state index in [1.54, 1.807) is 31.5 Å². The lowest BCUT2D eigenvalue weighted by Gasteiger charge is -2.21. The average molecular weight is 438 g/mol. The normalized spacial score (nSPS) is 18.5. The van der Waals surface area contributed by atoms with Crippen LogP contribution in [0, 0.1) is 43.3 Å². The Labute approximate surface area is 185 Å². The van der Waals surface area contributed by atoms with Gasteiger partial charge in [-0.15, -0.1) is 6.42 Å². The van der Waals surface area contributed by atoms with Gasteiger partial charge in [-0.05, 0) is 37.6 Å². The van der Waals surface area contributed by atoms with E-state index in [1.807, 2.05) is 0 Å². The minimum atomic E-state index is -1.29. The van der Waals surface area contributed by atoms with Crippen LogP contribution >= 0.6 is 0 Å². The number of carbonyl (C=O) groups excluding carboxylic acids is 2. The molecule has 1 aromatic carbocycles. The summed E-state index contributed by atoms with van der Waals surface area (Å²) in [6.45, 7) is 3.80. The van der Waals surface area contributed by atoms with E-state index in [0.29, 0.717) is 35.7 Å². The number of hydrogen-bond acceptors (Lipinski definition) is 6. The van der Waals surface area contributed by atoms with Crippen molar-refractivity contribution in [2.45, 2.75) is 32.0 Å². The summed E-state index contributed by atoms with van der Waals surface area (Å²) in [7, 11) is 1.65. The maximum absolute atomic E-state index is 13.6. The number of amides is 1. The number of aliphatic hydroxyl groups is 1. The van der Waals surface area contributed by atoms with Crippen LogP contribution in [0.3, 0.4) is 0 Å². The number of terminal acetylenes is 1. The first kappa shape index (κ1) is 23.0. The van der Waals surface area contributed by atoms with Gasteiger partial charge in [0.1, 0.15) is 17.4 Å². The largest absolute Gasteiger partial charge is 0.378 e. The van der Waals surface area contributed by atoms with Crippen molar-refractivity contribution in [2.75, 3.05) is 18.5 Å². The SMILES string of the molecule is C#CC1(NC(=O)C(=O)c2c(C)c(C(O)Nc3ccc(F)c(C#N)c3)n(C)c2C)CCOC1. The molecule has 0 aliphatic carbocycles. The molecular formula is C23H23FN4O4. The molecule has 1 amide bonds. The van der Waals surface area contributed by atoms with Crippen molar-refractivity contribution in [2.24, 2.45) is 7.05 Å². The summed E-state index contributed by atoms with van der Waals surface area (Å²) < 4.78 is 20.4. The molecule has 1 aliphatic heterocycles. The number of aromatic nitrogens is 1. The standard InChI is InChI=1S/C23H23FN4O4/c1-5-23(8-9-32-12-23)27-22(31)20(29)18-13(2)19(28(4)14(18)3)21(30)26-16-6-7-17(24)15(10-16)11-25/h1,6-7,10,21,26,30H,8-9,12H2,2-4H3,(H,27,31). The number of nitriles is 1. The Balaban J connectivity index is 1.88. The van der Waals surface area contributed by atoms with Gasteiger partial charge in [-0.3, -0.25) is 9.59 Å². The van der Waals surface area contributed by atoms with Crippen LogP contribution in [-0.4, -0.2) is 40.1 Å². The second-order valence-electron chi connectivity index (χ2n) is 7.70. The number of benzene rings is 1. The first-order valence-corrected chi connectivity index (χ1v) is 9.86. The second kappa shape index (κ2) is 8.83. The van der Waals surface area contributed by atoms with E-state index in [0.717, 1.165) is 6.07 Å². The quantitative estimate of drug-likeness (QED) is 0.274. The van der Waals surface area contributed by atoms with Gasteiger partial charge >= 0.3 is 0 Å². The van der Waals surface area contributed by atoms with Crippen LogP contribution in [0.25, 0.3) is 0 Å². The molecule has 1 aliphatic rings. The Bertz CT molecular complexity index is 1170. The summed E-state index contributed by atoms with van der Waals surface area (Å²) in [5.74, 6) is 0.209. The van der Waals surface area contributed by atoms with Crippen LogP contribution in [0.1, 0.15) is 45.5 Å². The number of ketones is 1. The fourth-order valence-corrected chi connectivity index (χ4v) is 3.85. The summed E-state index contributed by atoms with van der Waals surface area (Å²) in [5, 5.41) is 25.2. The molecule has 32 heavy (non-hydrogen) atoms. The smallest absolute Gasteiger partial charge is 0.293 e. The molecule has 9 heteroatoms. The maximum Gasteiger partial charge on any atom is 0.293 e. The van der Waals surface area contributed by atoms with Crippen LogP contribution < -0.4 is 10.6 Å². The fraction of sp³-hybridized carbons (Fsp3) is 0.348. The number of hydrogen-bond donors (Lipinski definition) is 3. The summed E-state index contributed by atoms with van der Waals surface area (Å²) >= 11 is 0. The monoisotopic (exact) mass is 438 g/mol. The van der Waals surface area contributed by atoms with Crippen molar-refractivity contribution in [1.82, 2.24) is 9.88 Å². The molecule has 2 unspecified atom stereocenters. The van der Waals surface area contributed by atoms with E-state index in [2.05, 4.69) is 16.6 Å². The molecule has 0 spiro atoms. The van der Waals surface area contributed by atoms with E-state index < -0.39 is 29.3 Å². The van der Waals surface area contributed by atoms with Gasteiger partial charge in [-0.1, -0.05) is 5.92 Å².